The number of primary amides is 1. The molecule has 0 aromatic heterocycles. The van der Waals surface area contributed by atoms with E-state index in [2.05, 4.69) is 5.32 Å². The fourth-order valence-corrected chi connectivity index (χ4v) is 3.33. The Morgan fingerprint density at radius 2 is 1.68 bits per heavy atom. The number of aromatic hydroxyl groups is 1. The summed E-state index contributed by atoms with van der Waals surface area (Å²) in [4.78, 5) is 24.3. The van der Waals surface area contributed by atoms with Crippen molar-refractivity contribution in [2.24, 2.45) is 5.73 Å². The van der Waals surface area contributed by atoms with Crippen LogP contribution >= 0.6 is 0 Å². The number of carbonyl (C=O) groups excluding carboxylic acids is 2. The number of phenolic OH excluding ortho intramolecular Hbond substituents is 1. The molecule has 0 bridgehead atoms. The second-order valence-electron chi connectivity index (χ2n) is 7.02. The molecule has 4 N–H and O–H groups in total. The monoisotopic (exact) mass is 412 g/mol. The number of para-hydroxylation sites is 1. The number of fused-ring (bicyclic) bond motifs is 1. The molecule has 0 saturated carbocycles. The molecule has 6 nitrogen and oxygen atoms in total. The Kier molecular flexibility index (Phi) is 5.53. The van der Waals surface area contributed by atoms with Gasteiger partial charge in [0, 0.05) is 22.7 Å². The average molecular weight is 412 g/mol. The molecule has 0 spiro atoms. The molecule has 2 amide bonds. The van der Waals surface area contributed by atoms with E-state index in [1.807, 2.05) is 30.3 Å². The van der Waals surface area contributed by atoms with E-state index in [1.165, 1.54) is 6.07 Å². The van der Waals surface area contributed by atoms with E-state index in [0.717, 1.165) is 16.3 Å². The maximum Gasteiger partial charge on any atom is 0.255 e. The van der Waals surface area contributed by atoms with Crippen LogP contribution in [0, 0.1) is 0 Å². The molecule has 0 atom stereocenters. The number of amides is 2. The Hall–Kier alpha value is -4.32. The minimum atomic E-state index is -0.567. The van der Waals surface area contributed by atoms with Gasteiger partial charge in [-0.25, -0.2) is 0 Å². The maximum absolute atomic E-state index is 12.7. The third-order valence-corrected chi connectivity index (χ3v) is 4.83. The highest BCUT2D eigenvalue weighted by Crippen LogP contribution is 2.29. The highest BCUT2D eigenvalue weighted by molar-refractivity contribution is 6.06. The van der Waals surface area contributed by atoms with Crippen LogP contribution in [0.2, 0.25) is 0 Å². The summed E-state index contributed by atoms with van der Waals surface area (Å²) in [6, 6.07) is 24.4. The molecule has 154 valence electrons. The summed E-state index contributed by atoms with van der Waals surface area (Å²) in [7, 11) is 0. The Bertz CT molecular complexity index is 1280. The van der Waals surface area contributed by atoms with Crippen LogP contribution in [0.3, 0.4) is 0 Å². The molecule has 0 fully saturated rings. The number of nitrogens with one attached hydrogen (secondary N) is 1. The number of hydrogen-bond acceptors (Lipinski definition) is 4. The van der Waals surface area contributed by atoms with Crippen molar-refractivity contribution in [1.29, 1.82) is 0 Å². The van der Waals surface area contributed by atoms with Crippen molar-refractivity contribution in [2.75, 3.05) is 5.32 Å². The summed E-state index contributed by atoms with van der Waals surface area (Å²) in [5.74, 6) is -0.392. The molecule has 0 unspecified atom stereocenters. The zero-order valence-corrected chi connectivity index (χ0v) is 16.5. The third-order valence-electron chi connectivity index (χ3n) is 4.83. The molecule has 0 radical (unpaired) electrons. The van der Waals surface area contributed by atoms with Crippen molar-refractivity contribution in [3.8, 4) is 11.5 Å². The van der Waals surface area contributed by atoms with Crippen LogP contribution < -0.4 is 15.8 Å². The lowest BCUT2D eigenvalue weighted by Crippen LogP contribution is -2.13. The van der Waals surface area contributed by atoms with Crippen molar-refractivity contribution in [3.05, 3.63) is 102 Å². The van der Waals surface area contributed by atoms with Crippen molar-refractivity contribution >= 4 is 28.3 Å². The standard InChI is InChI=1S/C25H20N2O4/c26-24(29)21-10-3-4-11-23(21)31-15-16-6-5-8-18(12-16)25(30)27-19-13-17-7-1-2-9-20(17)22(28)14-19/h1-14,28H,15H2,(H2,26,29)(H,27,30). The number of carbonyl (C=O) groups is 2. The lowest BCUT2D eigenvalue weighted by atomic mass is 10.1. The molecule has 0 heterocycles. The topological polar surface area (TPSA) is 102 Å². The van der Waals surface area contributed by atoms with E-state index in [4.69, 9.17) is 10.5 Å². The largest absolute Gasteiger partial charge is 0.507 e. The summed E-state index contributed by atoms with van der Waals surface area (Å²) in [6.07, 6.45) is 0. The normalized spacial score (nSPS) is 10.6. The van der Waals surface area contributed by atoms with Crippen LogP contribution in [0.15, 0.2) is 84.9 Å². The van der Waals surface area contributed by atoms with Gasteiger partial charge in [0.05, 0.1) is 5.56 Å². The van der Waals surface area contributed by atoms with E-state index in [0.29, 0.717) is 22.6 Å². The molecular formula is C25H20N2O4. The molecule has 4 aromatic rings. The van der Waals surface area contributed by atoms with Crippen LogP contribution in [0.5, 0.6) is 11.5 Å². The Balaban J connectivity index is 1.49. The van der Waals surface area contributed by atoms with Gasteiger partial charge in [-0.05, 0) is 41.3 Å². The van der Waals surface area contributed by atoms with Gasteiger partial charge in [-0.1, -0.05) is 48.5 Å². The molecule has 4 rings (SSSR count). The summed E-state index contributed by atoms with van der Waals surface area (Å²) in [5.41, 5.74) is 7.37. The predicted octanol–water partition coefficient (Wildman–Crippen LogP) is 4.48. The second kappa shape index (κ2) is 8.59. The van der Waals surface area contributed by atoms with E-state index in [9.17, 15) is 14.7 Å². The lowest BCUT2D eigenvalue weighted by Gasteiger charge is -2.11. The highest BCUT2D eigenvalue weighted by Gasteiger charge is 2.11. The smallest absolute Gasteiger partial charge is 0.255 e. The van der Waals surface area contributed by atoms with Gasteiger partial charge in [-0.2, -0.15) is 0 Å². The van der Waals surface area contributed by atoms with Crippen LogP contribution in [0.4, 0.5) is 5.69 Å². The van der Waals surface area contributed by atoms with Crippen LogP contribution in [0.1, 0.15) is 26.3 Å². The number of anilines is 1. The summed E-state index contributed by atoms with van der Waals surface area (Å²) >= 11 is 0. The average Bonchev–Trinajstić information content (AvgIpc) is 2.78. The van der Waals surface area contributed by atoms with Crippen molar-refractivity contribution < 1.29 is 19.4 Å². The van der Waals surface area contributed by atoms with Crippen LogP contribution in [0.25, 0.3) is 10.8 Å². The molecule has 31 heavy (non-hydrogen) atoms. The summed E-state index contributed by atoms with van der Waals surface area (Å²) in [6.45, 7) is 0.169. The second-order valence-corrected chi connectivity index (χ2v) is 7.02. The van der Waals surface area contributed by atoms with Gasteiger partial charge in [-0.3, -0.25) is 9.59 Å². The highest BCUT2D eigenvalue weighted by atomic mass is 16.5. The van der Waals surface area contributed by atoms with Crippen LogP contribution in [-0.4, -0.2) is 16.9 Å². The Labute approximate surface area is 178 Å². The first-order valence-corrected chi connectivity index (χ1v) is 9.65. The summed E-state index contributed by atoms with van der Waals surface area (Å²) in [5, 5.41) is 14.6. The zero-order chi connectivity index (χ0) is 21.8. The van der Waals surface area contributed by atoms with Gasteiger partial charge >= 0.3 is 0 Å². The zero-order valence-electron chi connectivity index (χ0n) is 16.5. The lowest BCUT2D eigenvalue weighted by molar-refractivity contribution is 0.0994. The minimum absolute atomic E-state index is 0.101. The number of hydrogen-bond donors (Lipinski definition) is 3. The number of phenols is 1. The molecule has 6 heteroatoms. The van der Waals surface area contributed by atoms with E-state index in [1.54, 1.807) is 48.5 Å². The Morgan fingerprint density at radius 1 is 0.903 bits per heavy atom. The molecular weight excluding hydrogens is 392 g/mol. The summed E-state index contributed by atoms with van der Waals surface area (Å²) < 4.78 is 5.74. The van der Waals surface area contributed by atoms with Gasteiger partial charge in [0.2, 0.25) is 0 Å². The van der Waals surface area contributed by atoms with Crippen molar-refractivity contribution in [2.45, 2.75) is 6.61 Å². The first-order valence-electron chi connectivity index (χ1n) is 9.65. The molecule has 4 aromatic carbocycles. The fraction of sp³-hybridized carbons (Fsp3) is 0.0400. The van der Waals surface area contributed by atoms with Gasteiger partial charge < -0.3 is 20.9 Å². The van der Waals surface area contributed by atoms with Crippen LogP contribution in [-0.2, 0) is 6.61 Å². The maximum atomic E-state index is 12.7. The van der Waals surface area contributed by atoms with E-state index >= 15 is 0 Å². The van der Waals surface area contributed by atoms with Gasteiger partial charge in [-0.15, -0.1) is 0 Å². The molecule has 0 aliphatic heterocycles. The molecule has 0 saturated heterocycles. The van der Waals surface area contributed by atoms with Gasteiger partial charge in [0.25, 0.3) is 11.8 Å². The third kappa shape index (κ3) is 4.48. The number of ether oxygens (including phenoxy) is 1. The number of rotatable bonds is 6. The van der Waals surface area contributed by atoms with E-state index in [-0.39, 0.29) is 18.3 Å². The minimum Gasteiger partial charge on any atom is -0.507 e. The van der Waals surface area contributed by atoms with Gasteiger partial charge in [0.1, 0.15) is 18.1 Å². The Morgan fingerprint density at radius 3 is 2.52 bits per heavy atom. The SMILES string of the molecule is NC(=O)c1ccccc1OCc1cccc(C(=O)Nc2cc(O)c3ccccc3c2)c1. The number of benzene rings is 4. The quantitative estimate of drug-likeness (QED) is 0.435. The fourth-order valence-electron chi connectivity index (χ4n) is 3.33. The first-order chi connectivity index (χ1) is 15.0. The first kappa shape index (κ1) is 20.0. The number of nitrogens with two attached hydrogens (primary N) is 1. The van der Waals surface area contributed by atoms with Crippen molar-refractivity contribution in [1.82, 2.24) is 0 Å². The molecule has 0 aliphatic rings. The predicted molar refractivity (Wildman–Crippen MR) is 119 cm³/mol. The molecule has 0 aliphatic carbocycles. The van der Waals surface area contributed by atoms with Crippen molar-refractivity contribution in [3.63, 3.8) is 0 Å². The van der Waals surface area contributed by atoms with Gasteiger partial charge in [0.15, 0.2) is 0 Å². The van der Waals surface area contributed by atoms with E-state index < -0.39 is 5.91 Å².